The van der Waals surface area contributed by atoms with Gasteiger partial charge in [0.25, 0.3) is 5.91 Å². The smallest absolute Gasteiger partial charge is 0.260 e. The Morgan fingerprint density at radius 1 is 1.06 bits per heavy atom. The van der Waals surface area contributed by atoms with Gasteiger partial charge in [0, 0.05) is 49.9 Å². The summed E-state index contributed by atoms with van der Waals surface area (Å²) < 4.78 is 5.42. The normalized spacial score (nSPS) is 18.0. The lowest BCUT2D eigenvalue weighted by molar-refractivity contribution is -0.143. The van der Waals surface area contributed by atoms with E-state index in [2.05, 4.69) is 30.4 Å². The minimum absolute atomic E-state index is 0.181. The zero-order valence-corrected chi connectivity index (χ0v) is 18.1. The number of amides is 1. The SMILES string of the molecule is Cc1cc(Nc2nccc(-c3cccc(-c4cc(C5(O)CCN(C)C5=O)no4)n3)n2)ccn1. The van der Waals surface area contributed by atoms with E-state index in [-0.39, 0.29) is 12.1 Å². The molecule has 5 heterocycles. The number of carbonyl (C=O) groups excluding carboxylic acids is 1. The van der Waals surface area contributed by atoms with Crippen molar-refractivity contribution in [3.8, 4) is 22.8 Å². The number of rotatable bonds is 5. The van der Waals surface area contributed by atoms with Crippen LogP contribution >= 0.6 is 0 Å². The molecule has 10 nitrogen and oxygen atoms in total. The number of aromatic nitrogens is 5. The van der Waals surface area contributed by atoms with E-state index in [4.69, 9.17) is 4.52 Å². The first-order chi connectivity index (χ1) is 15.9. The second-order valence-corrected chi connectivity index (χ2v) is 7.90. The van der Waals surface area contributed by atoms with Crippen molar-refractivity contribution in [2.75, 3.05) is 18.9 Å². The van der Waals surface area contributed by atoms with Gasteiger partial charge in [-0.25, -0.2) is 15.0 Å². The number of hydrogen-bond acceptors (Lipinski definition) is 9. The van der Waals surface area contributed by atoms with Crippen LogP contribution in [-0.4, -0.2) is 54.6 Å². The van der Waals surface area contributed by atoms with E-state index in [0.717, 1.165) is 11.4 Å². The van der Waals surface area contributed by atoms with Crippen LogP contribution in [0.25, 0.3) is 22.8 Å². The molecule has 2 N–H and O–H groups in total. The standard InChI is InChI=1S/C23H21N7O3/c1-14-12-15(6-9-24-14)26-22-25-10-7-17(28-22)16-4-3-5-18(27-16)19-13-20(29-33-19)23(32)8-11-30(2)21(23)31/h3-7,9-10,12-13,32H,8,11H2,1-2H3,(H,24,25,26,28). The molecule has 1 atom stereocenters. The van der Waals surface area contributed by atoms with Crippen molar-refractivity contribution in [1.82, 2.24) is 30.0 Å². The van der Waals surface area contributed by atoms with Crippen LogP contribution in [0.1, 0.15) is 17.8 Å². The quantitative estimate of drug-likeness (QED) is 0.478. The maximum Gasteiger partial charge on any atom is 0.260 e. The predicted octanol–water partition coefficient (Wildman–Crippen LogP) is 2.69. The van der Waals surface area contributed by atoms with Crippen LogP contribution in [0.4, 0.5) is 11.6 Å². The zero-order valence-electron chi connectivity index (χ0n) is 18.1. The third-order valence-corrected chi connectivity index (χ3v) is 5.52. The first-order valence-corrected chi connectivity index (χ1v) is 10.4. The van der Waals surface area contributed by atoms with E-state index >= 15 is 0 Å². The van der Waals surface area contributed by atoms with Gasteiger partial charge in [0.1, 0.15) is 11.4 Å². The molecule has 4 aromatic rings. The second kappa shape index (κ2) is 8.06. The monoisotopic (exact) mass is 443 g/mol. The topological polar surface area (TPSA) is 130 Å². The molecule has 0 aromatic carbocycles. The Morgan fingerprint density at radius 2 is 1.85 bits per heavy atom. The number of carbonyl (C=O) groups is 1. The van der Waals surface area contributed by atoms with Crippen molar-refractivity contribution >= 4 is 17.5 Å². The highest BCUT2D eigenvalue weighted by atomic mass is 16.5. The maximum atomic E-state index is 12.3. The molecule has 33 heavy (non-hydrogen) atoms. The lowest BCUT2D eigenvalue weighted by Crippen LogP contribution is -2.36. The maximum absolute atomic E-state index is 12.3. The lowest BCUT2D eigenvalue weighted by Gasteiger charge is -2.16. The van der Waals surface area contributed by atoms with Gasteiger partial charge in [0.15, 0.2) is 11.4 Å². The summed E-state index contributed by atoms with van der Waals surface area (Å²) in [6, 6.07) is 12.5. The van der Waals surface area contributed by atoms with E-state index in [1.165, 1.54) is 4.90 Å². The van der Waals surface area contributed by atoms with Gasteiger partial charge in [0.2, 0.25) is 5.95 Å². The Balaban J connectivity index is 1.42. The largest absolute Gasteiger partial charge is 0.374 e. The van der Waals surface area contributed by atoms with E-state index in [0.29, 0.717) is 35.3 Å². The van der Waals surface area contributed by atoms with E-state index in [9.17, 15) is 9.90 Å². The summed E-state index contributed by atoms with van der Waals surface area (Å²) in [6.07, 6.45) is 3.62. The summed E-state index contributed by atoms with van der Waals surface area (Å²) in [5, 5.41) is 17.9. The number of aryl methyl sites for hydroxylation is 1. The molecule has 0 aliphatic carbocycles. The van der Waals surface area contributed by atoms with Crippen molar-refractivity contribution in [2.45, 2.75) is 18.9 Å². The number of nitrogens with zero attached hydrogens (tertiary/aromatic N) is 6. The fraction of sp³-hybridized carbons (Fsp3) is 0.217. The fourth-order valence-corrected chi connectivity index (χ4v) is 3.71. The fourth-order valence-electron chi connectivity index (χ4n) is 3.71. The van der Waals surface area contributed by atoms with Crippen LogP contribution in [0.2, 0.25) is 0 Å². The van der Waals surface area contributed by atoms with Crippen LogP contribution in [0.3, 0.4) is 0 Å². The molecule has 1 amide bonds. The lowest BCUT2D eigenvalue weighted by atomic mass is 9.97. The van der Waals surface area contributed by atoms with Gasteiger partial charge < -0.3 is 19.8 Å². The molecule has 0 spiro atoms. The molecule has 5 rings (SSSR count). The van der Waals surface area contributed by atoms with Crippen LogP contribution in [0.5, 0.6) is 0 Å². The Bertz CT molecular complexity index is 1340. The summed E-state index contributed by atoms with van der Waals surface area (Å²) in [6.45, 7) is 2.36. The third kappa shape index (κ3) is 3.92. The molecular formula is C23H21N7O3. The summed E-state index contributed by atoms with van der Waals surface area (Å²) in [5.41, 5.74) is 1.95. The van der Waals surface area contributed by atoms with Crippen LogP contribution < -0.4 is 5.32 Å². The molecule has 1 saturated heterocycles. The molecule has 0 saturated carbocycles. The number of aliphatic hydroxyl groups is 1. The number of likely N-dealkylation sites (N-methyl/N-ethyl adjacent to an activating group) is 1. The Hall–Kier alpha value is -4.18. The molecule has 166 valence electrons. The van der Waals surface area contributed by atoms with Gasteiger partial charge in [-0.05, 0) is 37.3 Å². The second-order valence-electron chi connectivity index (χ2n) is 7.90. The highest BCUT2D eigenvalue weighted by Gasteiger charge is 2.47. The van der Waals surface area contributed by atoms with Crippen LogP contribution in [-0.2, 0) is 10.4 Å². The summed E-state index contributed by atoms with van der Waals surface area (Å²) >= 11 is 0. The van der Waals surface area contributed by atoms with Crippen LogP contribution in [0, 0.1) is 6.92 Å². The zero-order chi connectivity index (χ0) is 23.0. The highest BCUT2D eigenvalue weighted by molar-refractivity contribution is 5.88. The first kappa shape index (κ1) is 20.7. The van der Waals surface area contributed by atoms with Gasteiger partial charge in [-0.1, -0.05) is 11.2 Å². The predicted molar refractivity (Wildman–Crippen MR) is 119 cm³/mol. The Labute approximate surface area is 189 Å². The molecule has 1 aliphatic heterocycles. The highest BCUT2D eigenvalue weighted by Crippen LogP contribution is 2.34. The Kier molecular flexibility index (Phi) is 5.06. The molecule has 4 aromatic heterocycles. The van der Waals surface area contributed by atoms with Crippen molar-refractivity contribution < 1.29 is 14.4 Å². The molecule has 1 fully saturated rings. The number of anilines is 2. The first-order valence-electron chi connectivity index (χ1n) is 10.4. The summed E-state index contributed by atoms with van der Waals surface area (Å²) in [7, 11) is 1.65. The van der Waals surface area contributed by atoms with Gasteiger partial charge in [0.05, 0.1) is 11.4 Å². The van der Waals surface area contributed by atoms with Crippen molar-refractivity contribution in [3.63, 3.8) is 0 Å². The third-order valence-electron chi connectivity index (χ3n) is 5.52. The Morgan fingerprint density at radius 3 is 2.64 bits per heavy atom. The van der Waals surface area contributed by atoms with Gasteiger partial charge in [-0.3, -0.25) is 9.78 Å². The van der Waals surface area contributed by atoms with Crippen LogP contribution in [0.15, 0.2) is 59.4 Å². The van der Waals surface area contributed by atoms with E-state index in [1.807, 2.05) is 31.2 Å². The minimum Gasteiger partial charge on any atom is -0.374 e. The van der Waals surface area contributed by atoms with Crippen molar-refractivity contribution in [2.24, 2.45) is 0 Å². The van der Waals surface area contributed by atoms with E-state index in [1.54, 1.807) is 37.6 Å². The number of hydrogen-bond donors (Lipinski definition) is 2. The average molecular weight is 443 g/mol. The average Bonchev–Trinajstić information content (AvgIpc) is 3.42. The molecule has 0 radical (unpaired) electrons. The molecule has 10 heteroatoms. The number of pyridine rings is 2. The van der Waals surface area contributed by atoms with Crippen molar-refractivity contribution in [3.05, 3.63) is 66.2 Å². The van der Waals surface area contributed by atoms with Gasteiger partial charge in [-0.2, -0.15) is 0 Å². The molecular weight excluding hydrogens is 422 g/mol. The number of nitrogens with one attached hydrogen (secondary N) is 1. The summed E-state index contributed by atoms with van der Waals surface area (Å²) in [4.78, 5) is 31.5. The van der Waals surface area contributed by atoms with E-state index < -0.39 is 11.5 Å². The minimum atomic E-state index is -1.67. The molecule has 0 bridgehead atoms. The van der Waals surface area contributed by atoms with Gasteiger partial charge >= 0.3 is 0 Å². The summed E-state index contributed by atoms with van der Waals surface area (Å²) in [5.74, 6) is 0.384. The molecule has 1 aliphatic rings. The van der Waals surface area contributed by atoms with Crippen molar-refractivity contribution in [1.29, 1.82) is 0 Å². The molecule has 1 unspecified atom stereocenters. The number of likely N-dealkylation sites (tertiary alicyclic amines) is 1. The van der Waals surface area contributed by atoms with Gasteiger partial charge in [-0.15, -0.1) is 0 Å².